The number of aryl methyl sites for hydroxylation is 1. The Morgan fingerprint density at radius 2 is 1.74 bits per heavy atom. The predicted molar refractivity (Wildman–Crippen MR) is 127 cm³/mol. The maximum Gasteiger partial charge on any atom is 0.270 e. The summed E-state index contributed by atoms with van der Waals surface area (Å²) in [6, 6.07) is 16.8. The summed E-state index contributed by atoms with van der Waals surface area (Å²) in [6.07, 6.45) is 0. The van der Waals surface area contributed by atoms with Gasteiger partial charge in [0.2, 0.25) is 0 Å². The minimum absolute atomic E-state index is 0.0604. The fourth-order valence-electron chi connectivity index (χ4n) is 4.44. The third kappa shape index (κ3) is 3.29. The number of nitrogens with zero attached hydrogens (tertiary/aromatic N) is 3. The first-order valence-electron chi connectivity index (χ1n) is 10.6. The van der Waals surface area contributed by atoms with E-state index in [-0.39, 0.29) is 11.4 Å². The van der Waals surface area contributed by atoms with Crippen molar-refractivity contribution in [2.24, 2.45) is 0 Å². The van der Waals surface area contributed by atoms with E-state index in [1.165, 1.54) is 18.2 Å². The van der Waals surface area contributed by atoms with E-state index in [1.807, 2.05) is 49.4 Å². The third-order valence-electron chi connectivity index (χ3n) is 6.01. The number of phenolic OH excluding ortho intramolecular Hbond substituents is 1. The van der Waals surface area contributed by atoms with Crippen LogP contribution in [0.15, 0.2) is 60.7 Å². The molecular weight excluding hydrogens is 436 g/mol. The predicted octanol–water partition coefficient (Wildman–Crippen LogP) is 4.99. The molecule has 0 fully saturated rings. The van der Waals surface area contributed by atoms with E-state index in [0.29, 0.717) is 22.9 Å². The van der Waals surface area contributed by atoms with E-state index in [2.05, 4.69) is 5.32 Å². The molecular formula is C25H22N4O5. The number of fused-ring (bicyclic) bond motifs is 3. The first-order chi connectivity index (χ1) is 16.4. The van der Waals surface area contributed by atoms with Crippen LogP contribution in [0.2, 0.25) is 0 Å². The smallest absolute Gasteiger partial charge is 0.270 e. The van der Waals surface area contributed by atoms with Crippen molar-refractivity contribution >= 4 is 11.5 Å². The lowest BCUT2D eigenvalue weighted by Crippen LogP contribution is -2.20. The number of rotatable bonds is 5. The van der Waals surface area contributed by atoms with Crippen molar-refractivity contribution in [1.29, 1.82) is 0 Å². The number of para-hydroxylation sites is 1. The number of nitro benzene ring substituents is 1. The number of ether oxygens (including phenoxy) is 2. The zero-order chi connectivity index (χ0) is 24.0. The second-order valence-electron chi connectivity index (χ2n) is 7.93. The number of anilines is 1. The zero-order valence-electron chi connectivity index (χ0n) is 18.8. The summed E-state index contributed by atoms with van der Waals surface area (Å²) < 4.78 is 12.9. The molecule has 9 heteroatoms. The van der Waals surface area contributed by atoms with Crippen LogP contribution < -0.4 is 14.8 Å². The molecule has 0 amide bonds. The van der Waals surface area contributed by atoms with Gasteiger partial charge in [-0.05, 0) is 48.4 Å². The molecule has 4 aromatic rings. The van der Waals surface area contributed by atoms with Gasteiger partial charge in [0, 0.05) is 23.3 Å². The molecule has 0 saturated carbocycles. The summed E-state index contributed by atoms with van der Waals surface area (Å²) in [5, 5.41) is 30.4. The molecule has 2 N–H and O–H groups in total. The number of hydrogen-bond donors (Lipinski definition) is 2. The number of aromatic hydroxyl groups is 1. The van der Waals surface area contributed by atoms with Gasteiger partial charge in [-0.3, -0.25) is 10.1 Å². The monoisotopic (exact) mass is 458 g/mol. The van der Waals surface area contributed by atoms with Crippen LogP contribution >= 0.6 is 0 Å². The van der Waals surface area contributed by atoms with Gasteiger partial charge < -0.3 is 19.9 Å². The van der Waals surface area contributed by atoms with Gasteiger partial charge in [0.05, 0.1) is 36.6 Å². The quantitative estimate of drug-likeness (QED) is 0.320. The lowest BCUT2D eigenvalue weighted by Gasteiger charge is -2.30. The van der Waals surface area contributed by atoms with Gasteiger partial charge >= 0.3 is 0 Å². The SMILES string of the molecule is COc1cc2c(cc1OC)C(c1cc([N+](=O)[O-])ccc1O)Nc1c-2c(C)nn1-c1ccccc1. The summed E-state index contributed by atoms with van der Waals surface area (Å²) in [4.78, 5) is 11.0. The molecule has 0 bridgehead atoms. The van der Waals surface area contributed by atoms with Crippen LogP contribution in [-0.4, -0.2) is 34.0 Å². The number of non-ortho nitro benzene ring substituents is 1. The summed E-state index contributed by atoms with van der Waals surface area (Å²) in [5.41, 5.74) is 4.38. The van der Waals surface area contributed by atoms with Crippen molar-refractivity contribution < 1.29 is 19.5 Å². The molecule has 2 heterocycles. The van der Waals surface area contributed by atoms with Gasteiger partial charge in [0.25, 0.3) is 5.69 Å². The third-order valence-corrected chi connectivity index (χ3v) is 6.01. The van der Waals surface area contributed by atoms with Crippen LogP contribution in [0.3, 0.4) is 0 Å². The number of phenols is 1. The summed E-state index contributed by atoms with van der Waals surface area (Å²) in [6.45, 7) is 1.92. The van der Waals surface area contributed by atoms with E-state index in [1.54, 1.807) is 18.9 Å². The molecule has 34 heavy (non-hydrogen) atoms. The highest BCUT2D eigenvalue weighted by atomic mass is 16.6. The van der Waals surface area contributed by atoms with Crippen LogP contribution in [0.5, 0.6) is 17.2 Å². The Kier molecular flexibility index (Phi) is 5.09. The Morgan fingerprint density at radius 3 is 2.41 bits per heavy atom. The summed E-state index contributed by atoms with van der Waals surface area (Å²) >= 11 is 0. The number of hydrogen-bond acceptors (Lipinski definition) is 7. The van der Waals surface area contributed by atoms with E-state index < -0.39 is 11.0 Å². The Labute approximate surface area is 195 Å². The molecule has 0 spiro atoms. The van der Waals surface area contributed by atoms with Crippen molar-refractivity contribution in [3.63, 3.8) is 0 Å². The van der Waals surface area contributed by atoms with Crippen LogP contribution in [0.1, 0.15) is 22.9 Å². The molecule has 1 unspecified atom stereocenters. The molecule has 1 aliphatic rings. The highest BCUT2D eigenvalue weighted by Gasteiger charge is 2.34. The normalized spacial score (nSPS) is 14.0. The van der Waals surface area contributed by atoms with Crippen molar-refractivity contribution in [1.82, 2.24) is 9.78 Å². The summed E-state index contributed by atoms with van der Waals surface area (Å²) in [7, 11) is 3.11. The number of aromatic nitrogens is 2. The fraction of sp³-hybridized carbons (Fsp3) is 0.160. The Hall–Kier alpha value is -4.53. The van der Waals surface area contributed by atoms with Gasteiger partial charge in [0.15, 0.2) is 11.5 Å². The van der Waals surface area contributed by atoms with Crippen LogP contribution in [0.25, 0.3) is 16.8 Å². The Bertz CT molecular complexity index is 1410. The van der Waals surface area contributed by atoms with Crippen LogP contribution in [0.4, 0.5) is 11.5 Å². The first-order valence-corrected chi connectivity index (χ1v) is 10.6. The average Bonchev–Trinajstić information content (AvgIpc) is 3.19. The van der Waals surface area contributed by atoms with Crippen molar-refractivity contribution in [3.05, 3.63) is 87.6 Å². The van der Waals surface area contributed by atoms with E-state index in [9.17, 15) is 15.2 Å². The van der Waals surface area contributed by atoms with Crippen molar-refractivity contribution in [3.8, 4) is 34.1 Å². The fourth-order valence-corrected chi connectivity index (χ4v) is 4.44. The van der Waals surface area contributed by atoms with Crippen LogP contribution in [-0.2, 0) is 0 Å². The lowest BCUT2D eigenvalue weighted by molar-refractivity contribution is -0.384. The van der Waals surface area contributed by atoms with Gasteiger partial charge in [-0.1, -0.05) is 18.2 Å². The molecule has 0 saturated heterocycles. The molecule has 1 atom stereocenters. The maximum atomic E-state index is 11.5. The standard InChI is InChI=1S/C25H22N4O5/c1-14-23-17-12-21(33-2)22(34-3)13-18(17)24(19-11-16(29(31)32)9-10-20(19)30)26-25(23)28(27-14)15-7-5-4-6-8-15/h4-13,24,26,30H,1-3H3. The first kappa shape index (κ1) is 21.3. The second-order valence-corrected chi connectivity index (χ2v) is 7.93. The van der Waals surface area contributed by atoms with Crippen molar-refractivity contribution in [2.75, 3.05) is 19.5 Å². The molecule has 5 rings (SSSR count). The summed E-state index contributed by atoms with van der Waals surface area (Å²) in [5.74, 6) is 1.70. The molecule has 1 aliphatic heterocycles. The minimum atomic E-state index is -0.610. The highest BCUT2D eigenvalue weighted by Crippen LogP contribution is 2.50. The van der Waals surface area contributed by atoms with Gasteiger partial charge in [-0.15, -0.1) is 0 Å². The molecule has 3 aromatic carbocycles. The van der Waals surface area contributed by atoms with E-state index in [4.69, 9.17) is 14.6 Å². The molecule has 172 valence electrons. The molecule has 0 aliphatic carbocycles. The minimum Gasteiger partial charge on any atom is -0.508 e. The molecule has 9 nitrogen and oxygen atoms in total. The van der Waals surface area contributed by atoms with Gasteiger partial charge in [-0.25, -0.2) is 4.68 Å². The second kappa shape index (κ2) is 8.11. The topological polar surface area (TPSA) is 112 Å². The number of benzene rings is 3. The molecule has 0 radical (unpaired) electrons. The van der Waals surface area contributed by atoms with Crippen LogP contribution in [0, 0.1) is 17.0 Å². The Balaban J connectivity index is 1.80. The largest absolute Gasteiger partial charge is 0.508 e. The van der Waals surface area contributed by atoms with Gasteiger partial charge in [0.1, 0.15) is 11.6 Å². The maximum absolute atomic E-state index is 11.5. The number of nitrogens with one attached hydrogen (secondary N) is 1. The van der Waals surface area contributed by atoms with Gasteiger partial charge in [-0.2, -0.15) is 5.10 Å². The lowest BCUT2D eigenvalue weighted by atomic mass is 9.86. The van der Waals surface area contributed by atoms with E-state index in [0.717, 1.165) is 28.1 Å². The zero-order valence-corrected chi connectivity index (χ0v) is 18.8. The number of methoxy groups -OCH3 is 2. The molecule has 1 aromatic heterocycles. The van der Waals surface area contributed by atoms with E-state index >= 15 is 0 Å². The van der Waals surface area contributed by atoms with Crippen molar-refractivity contribution in [2.45, 2.75) is 13.0 Å². The Morgan fingerprint density at radius 1 is 1.03 bits per heavy atom. The average molecular weight is 458 g/mol. The highest BCUT2D eigenvalue weighted by molar-refractivity contribution is 5.87. The number of nitro groups is 1.